The van der Waals surface area contributed by atoms with E-state index in [2.05, 4.69) is 19.2 Å². The normalized spacial score (nSPS) is 22.3. The lowest BCUT2D eigenvalue weighted by Crippen LogP contribution is -2.47. The van der Waals surface area contributed by atoms with Crippen molar-refractivity contribution in [2.24, 2.45) is 5.92 Å². The van der Waals surface area contributed by atoms with Crippen molar-refractivity contribution in [1.82, 2.24) is 10.2 Å². The van der Waals surface area contributed by atoms with Gasteiger partial charge in [0.2, 0.25) is 0 Å². The van der Waals surface area contributed by atoms with Crippen molar-refractivity contribution in [1.29, 1.82) is 0 Å². The predicted octanol–water partition coefficient (Wildman–Crippen LogP) is 1.69. The maximum absolute atomic E-state index is 12.1. The van der Waals surface area contributed by atoms with Crippen LogP contribution in [-0.4, -0.2) is 53.3 Å². The summed E-state index contributed by atoms with van der Waals surface area (Å²) in [6.07, 6.45) is 0.251. The Kier molecular flexibility index (Phi) is 6.26. The van der Waals surface area contributed by atoms with Crippen LogP contribution >= 0.6 is 0 Å². The summed E-state index contributed by atoms with van der Waals surface area (Å²) >= 11 is 0. The van der Waals surface area contributed by atoms with Gasteiger partial charge in [0.1, 0.15) is 0 Å². The average Bonchev–Trinajstić information content (AvgIpc) is 2.81. The summed E-state index contributed by atoms with van der Waals surface area (Å²) < 4.78 is 5.36. The van der Waals surface area contributed by atoms with Crippen molar-refractivity contribution in [2.75, 3.05) is 13.1 Å². The highest BCUT2D eigenvalue weighted by atomic mass is 16.5. The van der Waals surface area contributed by atoms with Crippen LogP contribution in [0.4, 0.5) is 4.79 Å². The van der Waals surface area contributed by atoms with Gasteiger partial charge in [-0.05, 0) is 32.6 Å². The van der Waals surface area contributed by atoms with E-state index in [4.69, 9.17) is 9.84 Å². The third-order valence-corrected chi connectivity index (χ3v) is 3.31. The fourth-order valence-corrected chi connectivity index (χ4v) is 2.26. The molecule has 1 saturated heterocycles. The Bertz CT molecular complexity index is 344. The minimum atomic E-state index is -0.928. The number of amides is 2. The van der Waals surface area contributed by atoms with Crippen LogP contribution in [0, 0.1) is 5.92 Å². The van der Waals surface area contributed by atoms with Gasteiger partial charge in [-0.25, -0.2) is 9.59 Å². The number of nitrogens with one attached hydrogen (secondary N) is 1. The van der Waals surface area contributed by atoms with Crippen molar-refractivity contribution in [3.63, 3.8) is 0 Å². The molecule has 2 unspecified atom stereocenters. The fraction of sp³-hybridized carbons (Fsp3) is 0.857. The van der Waals surface area contributed by atoms with Crippen LogP contribution in [0.2, 0.25) is 0 Å². The van der Waals surface area contributed by atoms with Crippen molar-refractivity contribution < 1.29 is 19.4 Å². The molecule has 0 spiro atoms. The SMILES string of the molecule is CC(C)CN(C(=O)NCC1CCC(C(=O)O)O1)C(C)C. The number of carboxylic acids is 1. The third-order valence-electron chi connectivity index (χ3n) is 3.31. The number of carboxylic acid groups (broad SMARTS) is 1. The van der Waals surface area contributed by atoms with Gasteiger partial charge in [-0.15, -0.1) is 0 Å². The van der Waals surface area contributed by atoms with Crippen molar-refractivity contribution in [3.05, 3.63) is 0 Å². The number of urea groups is 1. The van der Waals surface area contributed by atoms with E-state index in [0.29, 0.717) is 31.8 Å². The maximum Gasteiger partial charge on any atom is 0.332 e. The number of hydrogen-bond acceptors (Lipinski definition) is 3. The number of rotatable bonds is 6. The molecule has 2 N–H and O–H groups in total. The summed E-state index contributed by atoms with van der Waals surface area (Å²) in [6.45, 7) is 9.17. The zero-order valence-corrected chi connectivity index (χ0v) is 12.8. The molecule has 0 aromatic heterocycles. The van der Waals surface area contributed by atoms with Crippen LogP contribution in [-0.2, 0) is 9.53 Å². The second-order valence-corrected chi connectivity index (χ2v) is 5.99. The second-order valence-electron chi connectivity index (χ2n) is 5.99. The Hall–Kier alpha value is -1.30. The smallest absolute Gasteiger partial charge is 0.332 e. The van der Waals surface area contributed by atoms with Gasteiger partial charge in [0.05, 0.1) is 6.10 Å². The van der Waals surface area contributed by atoms with E-state index in [1.165, 1.54) is 0 Å². The minimum absolute atomic E-state index is 0.115. The Labute approximate surface area is 120 Å². The summed E-state index contributed by atoms with van der Waals surface area (Å²) in [6, 6.07) is 0.0183. The molecule has 2 amide bonds. The molecule has 0 aromatic carbocycles. The number of carbonyl (C=O) groups is 2. The van der Waals surface area contributed by atoms with E-state index in [0.717, 1.165) is 0 Å². The summed E-state index contributed by atoms with van der Waals surface area (Å²) in [5.41, 5.74) is 0. The Balaban J connectivity index is 2.40. The van der Waals surface area contributed by atoms with Crippen LogP contribution < -0.4 is 5.32 Å². The molecule has 6 heteroatoms. The van der Waals surface area contributed by atoms with Gasteiger partial charge in [-0.3, -0.25) is 0 Å². The molecule has 1 rings (SSSR count). The molecule has 0 bridgehead atoms. The summed E-state index contributed by atoms with van der Waals surface area (Å²) in [5, 5.41) is 11.7. The van der Waals surface area contributed by atoms with Crippen LogP contribution in [0.1, 0.15) is 40.5 Å². The van der Waals surface area contributed by atoms with E-state index >= 15 is 0 Å². The van der Waals surface area contributed by atoms with Crippen LogP contribution in [0.3, 0.4) is 0 Å². The molecule has 1 aliphatic heterocycles. The highest BCUT2D eigenvalue weighted by molar-refractivity contribution is 5.74. The molecule has 1 fully saturated rings. The molecule has 1 heterocycles. The average molecular weight is 286 g/mol. The lowest BCUT2D eigenvalue weighted by atomic mass is 10.2. The molecule has 0 aliphatic carbocycles. The Morgan fingerprint density at radius 3 is 2.40 bits per heavy atom. The van der Waals surface area contributed by atoms with E-state index in [1.807, 2.05) is 13.8 Å². The number of aliphatic carboxylic acids is 1. The molecule has 0 saturated carbocycles. The molecule has 2 atom stereocenters. The summed E-state index contributed by atoms with van der Waals surface area (Å²) in [7, 11) is 0. The van der Waals surface area contributed by atoms with Gasteiger partial charge >= 0.3 is 12.0 Å². The molecular formula is C14H26N2O4. The third kappa shape index (κ3) is 5.00. The first-order chi connectivity index (χ1) is 9.31. The van der Waals surface area contributed by atoms with Crippen LogP contribution in [0.15, 0.2) is 0 Å². The number of carbonyl (C=O) groups excluding carboxylic acids is 1. The standard InChI is InChI=1S/C14H26N2O4/c1-9(2)8-16(10(3)4)14(19)15-7-11-5-6-12(20-11)13(17)18/h9-12H,5-8H2,1-4H3,(H,15,19)(H,17,18). The second kappa shape index (κ2) is 7.47. The van der Waals surface area contributed by atoms with Gasteiger partial charge in [0.25, 0.3) is 0 Å². The topological polar surface area (TPSA) is 78.9 Å². The van der Waals surface area contributed by atoms with Gasteiger partial charge in [-0.2, -0.15) is 0 Å². The zero-order chi connectivity index (χ0) is 15.3. The highest BCUT2D eigenvalue weighted by Gasteiger charge is 2.31. The van der Waals surface area contributed by atoms with Gasteiger partial charge in [-0.1, -0.05) is 13.8 Å². The molecule has 116 valence electrons. The number of nitrogens with zero attached hydrogens (tertiary/aromatic N) is 1. The predicted molar refractivity (Wildman–Crippen MR) is 75.6 cm³/mol. The van der Waals surface area contributed by atoms with Gasteiger partial charge in [0, 0.05) is 19.1 Å². The Morgan fingerprint density at radius 1 is 1.30 bits per heavy atom. The molecule has 20 heavy (non-hydrogen) atoms. The quantitative estimate of drug-likeness (QED) is 0.779. The maximum atomic E-state index is 12.1. The van der Waals surface area contributed by atoms with E-state index in [-0.39, 0.29) is 18.2 Å². The summed E-state index contributed by atoms with van der Waals surface area (Å²) in [4.78, 5) is 24.7. The first-order valence-corrected chi connectivity index (χ1v) is 7.24. The van der Waals surface area contributed by atoms with Crippen LogP contribution in [0.25, 0.3) is 0 Å². The number of hydrogen-bond donors (Lipinski definition) is 2. The number of ether oxygens (including phenoxy) is 1. The monoisotopic (exact) mass is 286 g/mol. The lowest BCUT2D eigenvalue weighted by Gasteiger charge is -2.29. The fourth-order valence-electron chi connectivity index (χ4n) is 2.26. The van der Waals surface area contributed by atoms with E-state index < -0.39 is 12.1 Å². The van der Waals surface area contributed by atoms with Crippen molar-refractivity contribution in [3.8, 4) is 0 Å². The zero-order valence-electron chi connectivity index (χ0n) is 12.8. The van der Waals surface area contributed by atoms with Gasteiger partial charge in [0.15, 0.2) is 6.10 Å². The lowest BCUT2D eigenvalue weighted by molar-refractivity contribution is -0.149. The highest BCUT2D eigenvalue weighted by Crippen LogP contribution is 2.19. The van der Waals surface area contributed by atoms with Crippen molar-refractivity contribution in [2.45, 2.75) is 58.8 Å². The van der Waals surface area contributed by atoms with Gasteiger partial charge < -0.3 is 20.1 Å². The first kappa shape index (κ1) is 16.8. The largest absolute Gasteiger partial charge is 0.479 e. The summed E-state index contributed by atoms with van der Waals surface area (Å²) in [5.74, 6) is -0.523. The van der Waals surface area contributed by atoms with Crippen LogP contribution in [0.5, 0.6) is 0 Å². The minimum Gasteiger partial charge on any atom is -0.479 e. The molecule has 0 aromatic rings. The first-order valence-electron chi connectivity index (χ1n) is 7.24. The van der Waals surface area contributed by atoms with Crippen molar-refractivity contribution >= 4 is 12.0 Å². The molecular weight excluding hydrogens is 260 g/mol. The molecule has 6 nitrogen and oxygen atoms in total. The van der Waals surface area contributed by atoms with E-state index in [9.17, 15) is 9.59 Å². The Morgan fingerprint density at radius 2 is 1.95 bits per heavy atom. The molecule has 0 radical (unpaired) electrons. The molecule has 1 aliphatic rings. The van der Waals surface area contributed by atoms with E-state index in [1.54, 1.807) is 4.90 Å².